The summed E-state index contributed by atoms with van der Waals surface area (Å²) >= 11 is 5.86. The van der Waals surface area contributed by atoms with E-state index in [0.29, 0.717) is 45.2 Å². The fourth-order valence-electron chi connectivity index (χ4n) is 4.17. The number of amides is 1. The molecule has 0 radical (unpaired) electrons. The van der Waals surface area contributed by atoms with Crippen molar-refractivity contribution < 1.29 is 29.0 Å². The van der Waals surface area contributed by atoms with E-state index in [1.54, 1.807) is 4.68 Å². The van der Waals surface area contributed by atoms with Gasteiger partial charge in [0.25, 0.3) is 0 Å². The quantitative estimate of drug-likeness (QED) is 0.174. The molecule has 238 valence electrons. The van der Waals surface area contributed by atoms with Crippen LogP contribution in [0.15, 0.2) is 36.5 Å². The number of ketones is 1. The number of aliphatic carboxylic acids is 1. The number of hydrogen-bond donors (Lipinski definition) is 3. The van der Waals surface area contributed by atoms with Gasteiger partial charge in [0.05, 0.1) is 17.7 Å². The van der Waals surface area contributed by atoms with Gasteiger partial charge in [0.15, 0.2) is 5.78 Å². The number of aryl methyl sites for hydroxylation is 2. The number of nitrogens with two attached hydrogens (primary N) is 1. The van der Waals surface area contributed by atoms with Crippen LogP contribution < -0.4 is 15.8 Å². The van der Waals surface area contributed by atoms with Crippen LogP contribution in [0.2, 0.25) is 5.15 Å². The summed E-state index contributed by atoms with van der Waals surface area (Å²) < 4.78 is 12.8. The van der Waals surface area contributed by atoms with Gasteiger partial charge in [-0.1, -0.05) is 41.1 Å². The maximum atomic E-state index is 12.5. The molecule has 1 atom stereocenters. The SMILES string of the molecule is CC(C)(C)OCC(=O)C(CCCc1cn(CCCC(=O)NCc2ccc(COc3cc(Cl)nc(N)n3)cc2)nn1)CC(=O)O. The van der Waals surface area contributed by atoms with Gasteiger partial charge in [0.1, 0.15) is 18.4 Å². The zero-order valence-electron chi connectivity index (χ0n) is 25.3. The van der Waals surface area contributed by atoms with Gasteiger partial charge in [-0.15, -0.1) is 5.10 Å². The minimum atomic E-state index is -1.01. The topological polar surface area (TPSA) is 184 Å². The first-order valence-electron chi connectivity index (χ1n) is 14.4. The molecular formula is C30H40ClN7O6. The molecule has 1 unspecified atom stereocenters. The minimum Gasteiger partial charge on any atom is -0.481 e. The van der Waals surface area contributed by atoms with Crippen molar-refractivity contribution in [2.45, 2.75) is 84.6 Å². The highest BCUT2D eigenvalue weighted by Gasteiger charge is 2.23. The van der Waals surface area contributed by atoms with E-state index in [1.165, 1.54) is 6.07 Å². The number of carbonyl (C=O) groups is 3. The highest BCUT2D eigenvalue weighted by Crippen LogP contribution is 2.18. The van der Waals surface area contributed by atoms with Crippen molar-refractivity contribution in [3.63, 3.8) is 0 Å². The van der Waals surface area contributed by atoms with Crippen LogP contribution in [0.1, 0.15) is 69.7 Å². The summed E-state index contributed by atoms with van der Waals surface area (Å²) in [6, 6.07) is 9.12. The molecule has 0 saturated carbocycles. The molecule has 0 aliphatic rings. The number of nitrogens with zero attached hydrogens (tertiary/aromatic N) is 5. The lowest BCUT2D eigenvalue weighted by atomic mass is 9.93. The van der Waals surface area contributed by atoms with Crippen LogP contribution in [0.4, 0.5) is 5.95 Å². The Labute approximate surface area is 261 Å². The van der Waals surface area contributed by atoms with Crippen molar-refractivity contribution >= 4 is 35.2 Å². The Bertz CT molecular complexity index is 1370. The molecule has 14 heteroatoms. The number of nitrogens with one attached hydrogen (secondary N) is 1. The van der Waals surface area contributed by atoms with Gasteiger partial charge in [-0.05, 0) is 57.6 Å². The number of ether oxygens (including phenoxy) is 2. The standard InChI is InChI=1S/C30H40ClN7O6/c1-30(2,3)44-19-24(39)22(14-28(41)42)6-4-7-23-17-38(37-36-23)13-5-8-26(40)33-16-20-9-11-21(12-10-20)18-43-27-15-25(31)34-29(32)35-27/h9-12,15,17,22H,4-8,13-14,16,18-19H2,1-3H3,(H,33,40)(H,41,42)(H2,32,34,35). The maximum Gasteiger partial charge on any atom is 0.304 e. The van der Waals surface area contributed by atoms with E-state index < -0.39 is 17.5 Å². The predicted molar refractivity (Wildman–Crippen MR) is 163 cm³/mol. The third kappa shape index (κ3) is 13.0. The van der Waals surface area contributed by atoms with Crippen LogP contribution in [0, 0.1) is 5.92 Å². The number of Topliss-reactive ketones (excluding diaryl/α,β-unsaturated/α-hetero) is 1. The van der Waals surface area contributed by atoms with E-state index in [2.05, 4.69) is 25.6 Å². The molecular weight excluding hydrogens is 590 g/mol. The van der Waals surface area contributed by atoms with Gasteiger partial charge in [-0.25, -0.2) is 4.98 Å². The molecule has 0 aliphatic heterocycles. The molecule has 0 aliphatic carbocycles. The van der Waals surface area contributed by atoms with Gasteiger partial charge in [0.2, 0.25) is 17.7 Å². The number of anilines is 1. The Kier molecular flexibility index (Phi) is 13.0. The van der Waals surface area contributed by atoms with Crippen molar-refractivity contribution in [1.29, 1.82) is 0 Å². The molecule has 3 aromatic rings. The summed E-state index contributed by atoms with van der Waals surface area (Å²) in [6.45, 7) is 6.65. The molecule has 1 aromatic carbocycles. The average Bonchev–Trinajstić information content (AvgIpc) is 3.40. The number of carbonyl (C=O) groups excluding carboxylic acids is 2. The van der Waals surface area contributed by atoms with E-state index in [-0.39, 0.29) is 48.3 Å². The molecule has 13 nitrogen and oxygen atoms in total. The third-order valence-electron chi connectivity index (χ3n) is 6.47. The lowest BCUT2D eigenvalue weighted by Crippen LogP contribution is -2.28. The molecule has 3 rings (SSSR count). The molecule has 0 fully saturated rings. The Morgan fingerprint density at radius 1 is 1.11 bits per heavy atom. The number of nitrogen functional groups attached to an aromatic ring is 1. The third-order valence-corrected chi connectivity index (χ3v) is 6.67. The molecule has 2 aromatic heterocycles. The molecule has 0 bridgehead atoms. The monoisotopic (exact) mass is 629 g/mol. The molecule has 4 N–H and O–H groups in total. The summed E-state index contributed by atoms with van der Waals surface area (Å²) in [4.78, 5) is 43.9. The minimum absolute atomic E-state index is 0.0399. The summed E-state index contributed by atoms with van der Waals surface area (Å²) in [7, 11) is 0. The number of hydrogen-bond acceptors (Lipinski definition) is 10. The van der Waals surface area contributed by atoms with Crippen LogP contribution in [0.25, 0.3) is 0 Å². The smallest absolute Gasteiger partial charge is 0.304 e. The fourth-order valence-corrected chi connectivity index (χ4v) is 4.35. The van der Waals surface area contributed by atoms with Gasteiger partial charge in [-0.3, -0.25) is 19.1 Å². The van der Waals surface area contributed by atoms with Crippen LogP contribution >= 0.6 is 11.6 Å². The van der Waals surface area contributed by atoms with Crippen LogP contribution in [0.5, 0.6) is 5.88 Å². The van der Waals surface area contributed by atoms with E-state index in [4.69, 9.17) is 26.8 Å². The summed E-state index contributed by atoms with van der Waals surface area (Å²) in [6.07, 6.45) is 4.11. The normalized spacial score (nSPS) is 12.1. The molecule has 2 heterocycles. The zero-order valence-corrected chi connectivity index (χ0v) is 26.0. The number of rotatable bonds is 18. The molecule has 1 amide bonds. The summed E-state index contributed by atoms with van der Waals surface area (Å²) in [5.74, 6) is -1.56. The highest BCUT2D eigenvalue weighted by molar-refractivity contribution is 6.29. The van der Waals surface area contributed by atoms with Crippen LogP contribution in [-0.2, 0) is 45.2 Å². The Morgan fingerprint density at radius 2 is 1.84 bits per heavy atom. The van der Waals surface area contributed by atoms with Crippen molar-refractivity contribution in [2.24, 2.45) is 5.92 Å². The van der Waals surface area contributed by atoms with Crippen molar-refractivity contribution in [3.05, 3.63) is 58.5 Å². The van der Waals surface area contributed by atoms with Gasteiger partial charge in [0, 0.05) is 37.7 Å². The predicted octanol–water partition coefficient (Wildman–Crippen LogP) is 3.78. The molecule has 44 heavy (non-hydrogen) atoms. The van der Waals surface area contributed by atoms with E-state index in [1.807, 2.05) is 51.2 Å². The van der Waals surface area contributed by atoms with Crippen LogP contribution in [-0.4, -0.2) is 59.9 Å². The Balaban J connectivity index is 1.33. The lowest BCUT2D eigenvalue weighted by molar-refractivity contribution is -0.143. The van der Waals surface area contributed by atoms with E-state index in [0.717, 1.165) is 16.8 Å². The van der Waals surface area contributed by atoms with Gasteiger partial charge in [-0.2, -0.15) is 4.98 Å². The summed E-state index contributed by atoms with van der Waals surface area (Å²) in [5.41, 5.74) is 7.72. The molecule has 0 spiro atoms. The van der Waals surface area contributed by atoms with Crippen molar-refractivity contribution in [1.82, 2.24) is 30.3 Å². The number of carboxylic acid groups (broad SMARTS) is 1. The fraction of sp³-hybridized carbons (Fsp3) is 0.500. The number of aromatic nitrogens is 5. The Hall–Kier alpha value is -4.10. The maximum absolute atomic E-state index is 12.5. The number of carboxylic acids is 1. The average molecular weight is 630 g/mol. The Morgan fingerprint density at radius 3 is 2.52 bits per heavy atom. The highest BCUT2D eigenvalue weighted by atomic mass is 35.5. The van der Waals surface area contributed by atoms with Gasteiger partial charge < -0.3 is 25.6 Å². The van der Waals surface area contributed by atoms with Crippen molar-refractivity contribution in [2.75, 3.05) is 12.3 Å². The van der Waals surface area contributed by atoms with E-state index in [9.17, 15) is 19.5 Å². The first kappa shape index (κ1) is 34.4. The van der Waals surface area contributed by atoms with Gasteiger partial charge >= 0.3 is 5.97 Å². The lowest BCUT2D eigenvalue weighted by Gasteiger charge is -2.21. The second-order valence-corrected chi connectivity index (χ2v) is 11.8. The second-order valence-electron chi connectivity index (χ2n) is 11.4. The summed E-state index contributed by atoms with van der Waals surface area (Å²) in [5, 5.41) is 20.6. The number of benzene rings is 1. The van der Waals surface area contributed by atoms with E-state index >= 15 is 0 Å². The number of halogens is 1. The molecule has 0 saturated heterocycles. The zero-order chi connectivity index (χ0) is 32.1. The largest absolute Gasteiger partial charge is 0.481 e. The first-order chi connectivity index (χ1) is 20.9. The second kappa shape index (κ2) is 16.7. The van der Waals surface area contributed by atoms with Crippen molar-refractivity contribution in [3.8, 4) is 5.88 Å². The first-order valence-corrected chi connectivity index (χ1v) is 14.8. The van der Waals surface area contributed by atoms with Crippen LogP contribution in [0.3, 0.4) is 0 Å².